The van der Waals surface area contributed by atoms with Gasteiger partial charge >= 0.3 is 0 Å². The van der Waals surface area contributed by atoms with Crippen molar-refractivity contribution in [1.29, 1.82) is 0 Å². The van der Waals surface area contributed by atoms with Gasteiger partial charge in [-0.1, -0.05) is 6.07 Å². The van der Waals surface area contributed by atoms with Gasteiger partial charge in [-0.2, -0.15) is 9.78 Å². The van der Waals surface area contributed by atoms with Crippen LogP contribution in [0.25, 0.3) is 11.1 Å². The number of amides is 1. The molecule has 1 aromatic carbocycles. The topological polar surface area (TPSA) is 129 Å². The summed E-state index contributed by atoms with van der Waals surface area (Å²) in [5.74, 6) is -0.180. The zero-order valence-electron chi connectivity index (χ0n) is 17.3. The van der Waals surface area contributed by atoms with E-state index in [1.54, 1.807) is 19.1 Å². The highest BCUT2D eigenvalue weighted by atomic mass is 32.2. The molecule has 1 saturated heterocycles. The normalized spacial score (nSPS) is 19.1. The quantitative estimate of drug-likeness (QED) is 0.688. The Bertz CT molecular complexity index is 1130. The van der Waals surface area contributed by atoms with Crippen molar-refractivity contribution in [2.75, 3.05) is 25.6 Å². The number of aryl methyl sites for hydroxylation is 1. The van der Waals surface area contributed by atoms with Crippen LogP contribution in [0.4, 0.5) is 5.82 Å². The molecule has 0 saturated carbocycles. The van der Waals surface area contributed by atoms with Gasteiger partial charge in [0.2, 0.25) is 21.8 Å². The zero-order chi connectivity index (χ0) is 22.2. The molecule has 1 atom stereocenters. The first-order valence-corrected chi connectivity index (χ1v) is 11.5. The van der Waals surface area contributed by atoms with E-state index in [0.29, 0.717) is 23.4 Å². The second-order valence-corrected chi connectivity index (χ2v) is 9.25. The Morgan fingerprint density at radius 1 is 1.32 bits per heavy atom. The summed E-state index contributed by atoms with van der Waals surface area (Å²) in [6, 6.07) is 4.67. The van der Waals surface area contributed by atoms with Gasteiger partial charge in [0.1, 0.15) is 16.5 Å². The highest BCUT2D eigenvalue weighted by Gasteiger charge is 2.28. The largest absolute Gasteiger partial charge is 0.495 e. The van der Waals surface area contributed by atoms with E-state index in [-0.39, 0.29) is 53.8 Å². The predicted octanol–water partition coefficient (Wildman–Crippen LogP) is 1.70. The van der Waals surface area contributed by atoms with Gasteiger partial charge < -0.3 is 14.8 Å². The Kier molecular flexibility index (Phi) is 5.82. The van der Waals surface area contributed by atoms with Crippen molar-refractivity contribution in [3.05, 3.63) is 23.9 Å². The molecule has 1 amide bonds. The molecule has 4 rings (SSSR count). The number of methoxy groups -OCH3 is 1. The van der Waals surface area contributed by atoms with Gasteiger partial charge in [-0.25, -0.2) is 13.1 Å². The molecule has 0 spiro atoms. The van der Waals surface area contributed by atoms with Crippen LogP contribution in [0.1, 0.15) is 36.2 Å². The minimum Gasteiger partial charge on any atom is -0.495 e. The monoisotopic (exact) mass is 448 g/mol. The molecule has 2 N–H and O–H groups in total. The molecule has 2 aliphatic heterocycles. The lowest BCUT2D eigenvalue weighted by atomic mass is 10.1. The van der Waals surface area contributed by atoms with Crippen LogP contribution < -0.4 is 14.8 Å². The van der Waals surface area contributed by atoms with E-state index in [1.807, 2.05) is 0 Å². The smallest absolute Gasteiger partial charge is 0.249 e. The molecule has 3 heterocycles. The second-order valence-electron chi connectivity index (χ2n) is 7.52. The van der Waals surface area contributed by atoms with Crippen molar-refractivity contribution in [2.45, 2.75) is 43.6 Å². The number of hydrogen-bond acceptors (Lipinski definition) is 7. The van der Waals surface area contributed by atoms with Gasteiger partial charge in [0.15, 0.2) is 0 Å². The fourth-order valence-electron chi connectivity index (χ4n) is 3.82. The molecule has 31 heavy (non-hydrogen) atoms. The number of fused-ring (bicyclic) bond motifs is 1. The number of anilines is 1. The summed E-state index contributed by atoms with van der Waals surface area (Å²) in [4.78, 5) is 24.4. The zero-order valence-corrected chi connectivity index (χ0v) is 18.1. The number of benzene rings is 1. The lowest BCUT2D eigenvalue weighted by molar-refractivity contribution is -0.116. The maximum absolute atomic E-state index is 13.0. The maximum Gasteiger partial charge on any atom is 0.249 e. The van der Waals surface area contributed by atoms with Gasteiger partial charge in [0.25, 0.3) is 0 Å². The maximum atomic E-state index is 13.0. The van der Waals surface area contributed by atoms with Crippen LogP contribution >= 0.6 is 0 Å². The standard InChI is InChI=1S/C20H24N4O6S/c1-12-19(20-22-17(25)7-8-18(26)24(20)23-12)13-5-6-15(29-2)16(10-13)31(27,28)21-11-14-4-3-9-30-14/h5-6,10,14,21H,3-4,7-9,11H2,1-2H3,(H,22,25)/t14-/m0/s1. The van der Waals surface area contributed by atoms with E-state index < -0.39 is 10.0 Å². The fraction of sp³-hybridized carbons (Fsp3) is 0.450. The average Bonchev–Trinajstić information content (AvgIpc) is 3.35. The molecule has 0 unspecified atom stereocenters. The Balaban J connectivity index is 1.75. The van der Waals surface area contributed by atoms with Crippen LogP contribution in [-0.4, -0.2) is 56.4 Å². The van der Waals surface area contributed by atoms with Crippen LogP contribution in [-0.2, 0) is 19.6 Å². The third-order valence-corrected chi connectivity index (χ3v) is 6.83. The molecule has 11 heteroatoms. The lowest BCUT2D eigenvalue weighted by Gasteiger charge is -2.15. The summed E-state index contributed by atoms with van der Waals surface area (Å²) in [5, 5.41) is 6.98. The van der Waals surface area contributed by atoms with Crippen LogP contribution in [0.2, 0.25) is 0 Å². The number of ether oxygens (including phenoxy) is 2. The summed E-state index contributed by atoms with van der Waals surface area (Å²) >= 11 is 0. The summed E-state index contributed by atoms with van der Waals surface area (Å²) in [6.45, 7) is 2.49. The molecule has 2 aromatic rings. The van der Waals surface area contributed by atoms with Gasteiger partial charge in [0.05, 0.1) is 18.9 Å². The van der Waals surface area contributed by atoms with Gasteiger partial charge in [-0.15, -0.1) is 0 Å². The van der Waals surface area contributed by atoms with Crippen molar-refractivity contribution in [3.8, 4) is 16.9 Å². The minimum atomic E-state index is -3.90. The van der Waals surface area contributed by atoms with Crippen molar-refractivity contribution in [3.63, 3.8) is 0 Å². The van der Waals surface area contributed by atoms with Crippen LogP contribution in [0, 0.1) is 6.92 Å². The Hall–Kier alpha value is -2.76. The molecular weight excluding hydrogens is 424 g/mol. The fourth-order valence-corrected chi connectivity index (χ4v) is 5.08. The molecule has 10 nitrogen and oxygen atoms in total. The van der Waals surface area contributed by atoms with Crippen molar-refractivity contribution < 1.29 is 27.5 Å². The number of rotatable bonds is 6. The number of carbonyl (C=O) groups is 2. The highest BCUT2D eigenvalue weighted by molar-refractivity contribution is 7.89. The molecule has 2 aliphatic rings. The van der Waals surface area contributed by atoms with E-state index in [9.17, 15) is 18.0 Å². The third-order valence-electron chi connectivity index (χ3n) is 5.39. The molecule has 0 aliphatic carbocycles. The van der Waals surface area contributed by atoms with Crippen LogP contribution in [0.15, 0.2) is 23.1 Å². The summed E-state index contributed by atoms with van der Waals surface area (Å²) in [6.07, 6.45) is 1.67. The van der Waals surface area contributed by atoms with Gasteiger partial charge in [0, 0.05) is 31.6 Å². The predicted molar refractivity (Wildman–Crippen MR) is 112 cm³/mol. The molecule has 0 radical (unpaired) electrons. The molecular formula is C20H24N4O6S. The first-order valence-electron chi connectivity index (χ1n) is 10.0. The van der Waals surface area contributed by atoms with Crippen LogP contribution in [0.5, 0.6) is 5.75 Å². The Morgan fingerprint density at radius 2 is 2.13 bits per heavy atom. The van der Waals surface area contributed by atoms with Crippen LogP contribution in [0.3, 0.4) is 0 Å². The molecule has 1 fully saturated rings. The summed E-state index contributed by atoms with van der Waals surface area (Å²) in [7, 11) is -2.51. The van der Waals surface area contributed by atoms with Crippen molar-refractivity contribution in [1.82, 2.24) is 14.5 Å². The van der Waals surface area contributed by atoms with E-state index in [4.69, 9.17) is 9.47 Å². The van der Waals surface area contributed by atoms with Gasteiger partial charge in [-0.3, -0.25) is 9.59 Å². The number of nitrogens with zero attached hydrogens (tertiary/aromatic N) is 2. The van der Waals surface area contributed by atoms with E-state index in [1.165, 1.54) is 17.9 Å². The first-order chi connectivity index (χ1) is 14.8. The third kappa shape index (κ3) is 4.21. The summed E-state index contributed by atoms with van der Waals surface area (Å²) in [5.41, 5.74) is 1.47. The highest BCUT2D eigenvalue weighted by Crippen LogP contribution is 2.36. The van der Waals surface area contributed by atoms with E-state index in [0.717, 1.165) is 12.8 Å². The van der Waals surface area contributed by atoms with Gasteiger partial charge in [-0.05, 0) is 37.5 Å². The number of carbonyl (C=O) groups excluding carboxylic acids is 2. The number of sulfonamides is 1. The molecule has 1 aromatic heterocycles. The number of nitrogens with one attached hydrogen (secondary N) is 2. The molecule has 0 bridgehead atoms. The van der Waals surface area contributed by atoms with Crippen molar-refractivity contribution in [2.24, 2.45) is 0 Å². The summed E-state index contributed by atoms with van der Waals surface area (Å²) < 4.78 is 40.6. The first kappa shape index (κ1) is 21.5. The van der Waals surface area contributed by atoms with E-state index >= 15 is 0 Å². The lowest BCUT2D eigenvalue weighted by Crippen LogP contribution is -2.32. The van der Waals surface area contributed by atoms with E-state index in [2.05, 4.69) is 15.1 Å². The minimum absolute atomic E-state index is 0.0453. The second kappa shape index (κ2) is 8.40. The Morgan fingerprint density at radius 3 is 2.84 bits per heavy atom. The average molecular weight is 449 g/mol. The SMILES string of the molecule is COc1ccc(-c2c(C)nn3c2NC(=O)CCC3=O)cc1S(=O)(=O)NC[C@@H]1CCCO1. The molecule has 166 valence electrons. The van der Waals surface area contributed by atoms with Crippen molar-refractivity contribution >= 4 is 27.7 Å². The Labute approximate surface area is 180 Å². The number of aromatic nitrogens is 2. The number of hydrogen-bond donors (Lipinski definition) is 2.